The predicted molar refractivity (Wildman–Crippen MR) is 72.8 cm³/mol. The highest BCUT2D eigenvalue weighted by atomic mass is 16.3. The van der Waals surface area contributed by atoms with Crippen LogP contribution in [0.2, 0.25) is 0 Å². The van der Waals surface area contributed by atoms with Crippen LogP contribution >= 0.6 is 0 Å². The van der Waals surface area contributed by atoms with Crippen LogP contribution in [0.5, 0.6) is 5.75 Å². The quantitative estimate of drug-likeness (QED) is 0.800. The van der Waals surface area contributed by atoms with Gasteiger partial charge in [-0.3, -0.25) is 4.79 Å². The number of hydrogen-bond donors (Lipinski definition) is 1. The highest BCUT2D eigenvalue weighted by molar-refractivity contribution is 5.93. The second-order valence-corrected chi connectivity index (χ2v) is 4.25. The van der Waals surface area contributed by atoms with Crippen molar-refractivity contribution in [3.05, 3.63) is 45.0 Å². The lowest BCUT2D eigenvalue weighted by Crippen LogP contribution is -1.94. The molecule has 5 heteroatoms. The standard InChI is InChI=1S/C15H10N2O3/c1-8-13-12(18)4-3-11(5-10(6-16)7-17)15(19)14(13)9(2)20-8/h3-5,19H,1-2H3. The lowest BCUT2D eigenvalue weighted by Gasteiger charge is -1.95. The van der Waals surface area contributed by atoms with Gasteiger partial charge in [0, 0.05) is 5.56 Å². The summed E-state index contributed by atoms with van der Waals surface area (Å²) < 4.78 is 5.37. The molecule has 1 N–H and O–H groups in total. The van der Waals surface area contributed by atoms with Crippen molar-refractivity contribution in [3.8, 4) is 17.9 Å². The normalized spacial score (nSPS) is 9.80. The Morgan fingerprint density at radius 2 is 1.80 bits per heavy atom. The van der Waals surface area contributed by atoms with Gasteiger partial charge in [-0.2, -0.15) is 10.5 Å². The summed E-state index contributed by atoms with van der Waals surface area (Å²) in [5.74, 6) is 0.651. The van der Waals surface area contributed by atoms with Crippen molar-refractivity contribution >= 4 is 16.8 Å². The van der Waals surface area contributed by atoms with E-state index in [1.165, 1.54) is 18.2 Å². The Morgan fingerprint density at radius 1 is 1.20 bits per heavy atom. The maximum Gasteiger partial charge on any atom is 0.190 e. The predicted octanol–water partition coefficient (Wildman–Crippen LogP) is 2.55. The van der Waals surface area contributed by atoms with Crippen molar-refractivity contribution in [1.29, 1.82) is 10.5 Å². The van der Waals surface area contributed by atoms with Crippen LogP contribution in [0.15, 0.2) is 26.9 Å². The molecule has 0 atom stereocenters. The largest absolute Gasteiger partial charge is 0.507 e. The molecule has 1 aromatic heterocycles. The van der Waals surface area contributed by atoms with Gasteiger partial charge in [0.1, 0.15) is 35.0 Å². The van der Waals surface area contributed by atoms with E-state index in [4.69, 9.17) is 14.9 Å². The summed E-state index contributed by atoms with van der Waals surface area (Å²) in [6.07, 6.45) is 1.23. The van der Waals surface area contributed by atoms with Crippen molar-refractivity contribution in [2.24, 2.45) is 0 Å². The SMILES string of the molecule is Cc1oc(C)c2c(=O)ccc(C=C(C#N)C#N)c(O)c12. The van der Waals surface area contributed by atoms with Crippen LogP contribution in [0, 0.1) is 36.5 Å². The monoisotopic (exact) mass is 266 g/mol. The zero-order chi connectivity index (χ0) is 14.9. The van der Waals surface area contributed by atoms with E-state index in [9.17, 15) is 9.90 Å². The number of aromatic hydroxyl groups is 1. The number of rotatable bonds is 1. The molecule has 0 aliphatic carbocycles. The first-order chi connectivity index (χ1) is 9.49. The zero-order valence-corrected chi connectivity index (χ0v) is 10.9. The van der Waals surface area contributed by atoms with Crippen LogP contribution < -0.4 is 5.43 Å². The minimum Gasteiger partial charge on any atom is -0.507 e. The number of allylic oxidation sites excluding steroid dienone is 1. The molecule has 0 saturated heterocycles. The summed E-state index contributed by atoms with van der Waals surface area (Å²) in [6.45, 7) is 3.28. The number of fused-ring (bicyclic) bond motifs is 1. The Hall–Kier alpha value is -3.05. The van der Waals surface area contributed by atoms with E-state index in [2.05, 4.69) is 0 Å². The van der Waals surface area contributed by atoms with Crippen LogP contribution in [-0.2, 0) is 0 Å². The molecule has 0 aliphatic heterocycles. The highest BCUT2D eigenvalue weighted by Gasteiger charge is 2.15. The number of furan rings is 1. The van der Waals surface area contributed by atoms with Gasteiger partial charge in [0.05, 0.1) is 10.8 Å². The Kier molecular flexibility index (Phi) is 3.28. The molecule has 0 amide bonds. The first-order valence-electron chi connectivity index (χ1n) is 5.77. The van der Waals surface area contributed by atoms with E-state index in [1.54, 1.807) is 26.0 Å². The summed E-state index contributed by atoms with van der Waals surface area (Å²) in [5, 5.41) is 28.4. The van der Waals surface area contributed by atoms with Gasteiger partial charge in [-0.25, -0.2) is 0 Å². The van der Waals surface area contributed by atoms with Gasteiger partial charge in [-0.1, -0.05) is 0 Å². The minimum absolute atomic E-state index is 0.162. The molecule has 20 heavy (non-hydrogen) atoms. The summed E-state index contributed by atoms with van der Waals surface area (Å²) in [6, 6.07) is 6.08. The van der Waals surface area contributed by atoms with Crippen LogP contribution in [-0.4, -0.2) is 5.11 Å². The van der Waals surface area contributed by atoms with Gasteiger partial charge in [-0.05, 0) is 32.1 Å². The second-order valence-electron chi connectivity index (χ2n) is 4.25. The second kappa shape index (κ2) is 4.91. The third-order valence-corrected chi connectivity index (χ3v) is 2.97. The first kappa shape index (κ1) is 13.4. The van der Waals surface area contributed by atoms with E-state index in [1.807, 2.05) is 0 Å². The molecule has 0 radical (unpaired) electrons. The van der Waals surface area contributed by atoms with Crippen LogP contribution in [0.25, 0.3) is 16.8 Å². The molecule has 0 spiro atoms. The summed E-state index contributed by atoms with van der Waals surface area (Å²) >= 11 is 0. The molecule has 1 aromatic carbocycles. The average Bonchev–Trinajstić information content (AvgIpc) is 2.65. The summed E-state index contributed by atoms with van der Waals surface area (Å²) in [7, 11) is 0. The Bertz CT molecular complexity index is 861. The van der Waals surface area contributed by atoms with Gasteiger partial charge >= 0.3 is 0 Å². The van der Waals surface area contributed by atoms with Gasteiger partial charge in [-0.15, -0.1) is 0 Å². The molecule has 0 saturated carbocycles. The van der Waals surface area contributed by atoms with Crippen molar-refractivity contribution in [1.82, 2.24) is 0 Å². The van der Waals surface area contributed by atoms with Gasteiger partial charge < -0.3 is 9.52 Å². The fourth-order valence-electron chi connectivity index (χ4n) is 2.10. The Morgan fingerprint density at radius 3 is 2.40 bits per heavy atom. The Balaban J connectivity index is 2.97. The van der Waals surface area contributed by atoms with Crippen molar-refractivity contribution in [2.45, 2.75) is 13.8 Å². The molecule has 0 bridgehead atoms. The van der Waals surface area contributed by atoms with Crippen LogP contribution in [0.3, 0.4) is 0 Å². The number of hydrogen-bond acceptors (Lipinski definition) is 5. The minimum atomic E-state index is -0.292. The number of aryl methyl sites for hydroxylation is 2. The average molecular weight is 266 g/mol. The Labute approximate surface area is 114 Å². The lowest BCUT2D eigenvalue weighted by molar-refractivity contribution is 0.476. The number of nitriles is 2. The highest BCUT2D eigenvalue weighted by Crippen LogP contribution is 2.32. The maximum atomic E-state index is 12.0. The third-order valence-electron chi connectivity index (χ3n) is 2.97. The topological polar surface area (TPSA) is 98.0 Å². The van der Waals surface area contributed by atoms with Crippen LogP contribution in [0.4, 0.5) is 0 Å². The number of nitrogens with zero attached hydrogens (tertiary/aromatic N) is 2. The first-order valence-corrected chi connectivity index (χ1v) is 5.77. The fourth-order valence-corrected chi connectivity index (χ4v) is 2.10. The summed E-state index contributed by atoms with van der Waals surface area (Å²) in [5.41, 5.74) is -0.233. The zero-order valence-electron chi connectivity index (χ0n) is 10.9. The molecule has 1 heterocycles. The molecular weight excluding hydrogens is 256 g/mol. The van der Waals surface area contributed by atoms with Crippen molar-refractivity contribution in [3.63, 3.8) is 0 Å². The molecule has 5 nitrogen and oxygen atoms in total. The molecule has 2 rings (SSSR count). The van der Waals surface area contributed by atoms with E-state index < -0.39 is 0 Å². The van der Waals surface area contributed by atoms with Gasteiger partial charge in [0.25, 0.3) is 0 Å². The lowest BCUT2D eigenvalue weighted by atomic mass is 10.1. The fraction of sp³-hybridized carbons (Fsp3) is 0.133. The third kappa shape index (κ3) is 2.02. The summed E-state index contributed by atoms with van der Waals surface area (Å²) in [4.78, 5) is 12.0. The molecule has 0 fully saturated rings. The van der Waals surface area contributed by atoms with E-state index >= 15 is 0 Å². The van der Waals surface area contributed by atoms with E-state index in [-0.39, 0.29) is 22.3 Å². The smallest absolute Gasteiger partial charge is 0.190 e. The van der Waals surface area contributed by atoms with Gasteiger partial charge in [0.15, 0.2) is 5.43 Å². The van der Waals surface area contributed by atoms with Crippen molar-refractivity contribution < 1.29 is 9.52 Å². The van der Waals surface area contributed by atoms with Gasteiger partial charge in [0.2, 0.25) is 0 Å². The molecule has 2 aromatic rings. The molecular formula is C15H10N2O3. The van der Waals surface area contributed by atoms with Crippen LogP contribution in [0.1, 0.15) is 17.1 Å². The maximum absolute atomic E-state index is 12.0. The molecule has 98 valence electrons. The van der Waals surface area contributed by atoms with Crippen molar-refractivity contribution in [2.75, 3.05) is 0 Å². The van der Waals surface area contributed by atoms with E-state index in [0.717, 1.165) is 0 Å². The molecule has 0 unspecified atom stereocenters. The molecule has 0 aliphatic rings. The van der Waals surface area contributed by atoms with E-state index in [0.29, 0.717) is 22.3 Å².